The topological polar surface area (TPSA) is 65.1 Å². The van der Waals surface area contributed by atoms with Crippen molar-refractivity contribution in [2.45, 2.75) is 25.7 Å². The third-order valence-corrected chi connectivity index (χ3v) is 5.74. The molecule has 0 heterocycles. The maximum Gasteiger partial charge on any atom is 0.243 e. The second-order valence-electron chi connectivity index (χ2n) is 5.97. The molecule has 0 amide bonds. The molecule has 0 aliphatic rings. The van der Waals surface area contributed by atoms with Gasteiger partial charge in [-0.15, -0.1) is 0 Å². The molecule has 148 valence electrons. The smallest absolute Gasteiger partial charge is 0.243 e. The van der Waals surface area contributed by atoms with Gasteiger partial charge in [0.25, 0.3) is 0 Å². The minimum absolute atomic E-state index is 0.160. The van der Waals surface area contributed by atoms with Gasteiger partial charge in [-0.2, -0.15) is 4.31 Å². The van der Waals surface area contributed by atoms with Gasteiger partial charge in [0.1, 0.15) is 12.4 Å². The van der Waals surface area contributed by atoms with E-state index in [4.69, 9.17) is 14.2 Å². The molecule has 2 aromatic rings. The van der Waals surface area contributed by atoms with Gasteiger partial charge >= 0.3 is 0 Å². The summed E-state index contributed by atoms with van der Waals surface area (Å²) >= 11 is 0. The van der Waals surface area contributed by atoms with E-state index in [0.717, 1.165) is 11.3 Å². The zero-order chi connectivity index (χ0) is 19.9. The molecule has 2 aromatic carbocycles. The van der Waals surface area contributed by atoms with E-state index >= 15 is 0 Å². The van der Waals surface area contributed by atoms with Crippen LogP contribution < -0.4 is 14.2 Å². The summed E-state index contributed by atoms with van der Waals surface area (Å²) in [5.41, 5.74) is 1.09. The van der Waals surface area contributed by atoms with E-state index in [1.807, 2.05) is 45.0 Å². The van der Waals surface area contributed by atoms with Crippen molar-refractivity contribution < 1.29 is 22.6 Å². The van der Waals surface area contributed by atoms with Gasteiger partial charge in [-0.3, -0.25) is 0 Å². The van der Waals surface area contributed by atoms with E-state index in [0.29, 0.717) is 24.7 Å². The molecular weight excluding hydrogens is 366 g/mol. The van der Waals surface area contributed by atoms with E-state index in [2.05, 4.69) is 0 Å². The van der Waals surface area contributed by atoms with Crippen molar-refractivity contribution in [3.63, 3.8) is 0 Å². The van der Waals surface area contributed by atoms with E-state index in [1.54, 1.807) is 6.07 Å². The number of aryl methyl sites for hydroxylation is 1. The molecule has 0 unspecified atom stereocenters. The number of ether oxygens (including phenoxy) is 3. The average Bonchev–Trinajstić information content (AvgIpc) is 2.63. The van der Waals surface area contributed by atoms with Crippen molar-refractivity contribution >= 4 is 10.0 Å². The van der Waals surface area contributed by atoms with Gasteiger partial charge in [-0.25, -0.2) is 8.42 Å². The maximum absolute atomic E-state index is 12.8. The molecule has 0 saturated heterocycles. The molecule has 0 N–H and O–H groups in total. The summed E-state index contributed by atoms with van der Waals surface area (Å²) in [5.74, 6) is 1.68. The predicted molar refractivity (Wildman–Crippen MR) is 105 cm³/mol. The van der Waals surface area contributed by atoms with Crippen molar-refractivity contribution in [1.82, 2.24) is 4.31 Å². The van der Waals surface area contributed by atoms with E-state index in [9.17, 15) is 8.42 Å². The van der Waals surface area contributed by atoms with Crippen LogP contribution in [-0.4, -0.2) is 46.1 Å². The lowest BCUT2D eigenvalue weighted by Crippen LogP contribution is -2.31. The van der Waals surface area contributed by atoms with Crippen LogP contribution in [0.15, 0.2) is 47.4 Å². The molecule has 0 fully saturated rings. The SMILES string of the molecule is CCOc1ccc(S(=O)(=O)N(C)CCOc2cccc(C)c2)cc1OCC. The van der Waals surface area contributed by atoms with Gasteiger partial charge in [0, 0.05) is 19.7 Å². The van der Waals surface area contributed by atoms with Crippen molar-refractivity contribution in [3.8, 4) is 17.2 Å². The van der Waals surface area contributed by atoms with E-state index < -0.39 is 10.0 Å². The summed E-state index contributed by atoms with van der Waals surface area (Å²) in [6.07, 6.45) is 0. The molecule has 6 nitrogen and oxygen atoms in total. The van der Waals surface area contributed by atoms with Crippen molar-refractivity contribution in [3.05, 3.63) is 48.0 Å². The molecule has 0 spiro atoms. The molecular formula is C20H27NO5S. The van der Waals surface area contributed by atoms with Gasteiger partial charge in [-0.05, 0) is 50.6 Å². The predicted octanol–water partition coefficient (Wildman–Crippen LogP) is 3.49. The fourth-order valence-electron chi connectivity index (χ4n) is 2.49. The minimum atomic E-state index is -3.66. The maximum atomic E-state index is 12.8. The Bertz CT molecular complexity index is 851. The fraction of sp³-hybridized carbons (Fsp3) is 0.400. The number of hydrogen-bond donors (Lipinski definition) is 0. The fourth-order valence-corrected chi connectivity index (χ4v) is 3.66. The molecule has 7 heteroatoms. The highest BCUT2D eigenvalue weighted by Gasteiger charge is 2.22. The first-order valence-electron chi connectivity index (χ1n) is 8.94. The van der Waals surface area contributed by atoms with Crippen LogP contribution in [0, 0.1) is 6.92 Å². The van der Waals surface area contributed by atoms with Crippen LogP contribution in [0.5, 0.6) is 17.2 Å². The van der Waals surface area contributed by atoms with Crippen LogP contribution in [0.2, 0.25) is 0 Å². The monoisotopic (exact) mass is 393 g/mol. The normalized spacial score (nSPS) is 11.4. The Balaban J connectivity index is 2.08. The standard InChI is InChI=1S/C20H27NO5S/c1-5-24-19-11-10-18(15-20(19)25-6-2)27(22,23)21(4)12-13-26-17-9-7-8-16(3)14-17/h7-11,14-15H,5-6,12-13H2,1-4H3. The highest BCUT2D eigenvalue weighted by atomic mass is 32.2. The third-order valence-electron chi connectivity index (χ3n) is 3.89. The first-order valence-corrected chi connectivity index (χ1v) is 10.4. The van der Waals surface area contributed by atoms with Crippen LogP contribution in [0.4, 0.5) is 0 Å². The zero-order valence-electron chi connectivity index (χ0n) is 16.3. The second-order valence-corrected chi connectivity index (χ2v) is 8.01. The number of hydrogen-bond acceptors (Lipinski definition) is 5. The Hall–Kier alpha value is -2.25. The third kappa shape index (κ3) is 5.61. The Morgan fingerprint density at radius 3 is 2.30 bits per heavy atom. The molecule has 0 atom stereocenters. The van der Waals surface area contributed by atoms with Gasteiger partial charge in [0.2, 0.25) is 10.0 Å². The van der Waals surface area contributed by atoms with E-state index in [1.165, 1.54) is 23.5 Å². The highest BCUT2D eigenvalue weighted by Crippen LogP contribution is 2.31. The summed E-state index contributed by atoms with van der Waals surface area (Å²) in [6.45, 7) is 7.06. The number of benzene rings is 2. The molecule has 27 heavy (non-hydrogen) atoms. The average molecular weight is 394 g/mol. The first-order chi connectivity index (χ1) is 12.9. The lowest BCUT2D eigenvalue weighted by Gasteiger charge is -2.19. The number of likely N-dealkylation sites (N-methyl/N-ethyl adjacent to an activating group) is 1. The van der Waals surface area contributed by atoms with Crippen LogP contribution in [0.25, 0.3) is 0 Å². The molecule has 0 aliphatic heterocycles. The molecule has 0 aromatic heterocycles. The highest BCUT2D eigenvalue weighted by molar-refractivity contribution is 7.89. The van der Waals surface area contributed by atoms with Crippen molar-refractivity contribution in [2.24, 2.45) is 0 Å². The van der Waals surface area contributed by atoms with E-state index in [-0.39, 0.29) is 18.0 Å². The summed E-state index contributed by atoms with van der Waals surface area (Å²) in [5, 5.41) is 0. The lowest BCUT2D eigenvalue weighted by atomic mass is 10.2. The zero-order valence-corrected chi connectivity index (χ0v) is 17.1. The Labute approximate surface area is 161 Å². The Morgan fingerprint density at radius 2 is 1.63 bits per heavy atom. The molecule has 0 aliphatic carbocycles. The summed E-state index contributed by atoms with van der Waals surface area (Å²) in [4.78, 5) is 0.160. The molecule has 0 saturated carbocycles. The van der Waals surface area contributed by atoms with Crippen LogP contribution in [0.3, 0.4) is 0 Å². The van der Waals surface area contributed by atoms with Crippen molar-refractivity contribution in [1.29, 1.82) is 0 Å². The lowest BCUT2D eigenvalue weighted by molar-refractivity contribution is 0.284. The number of sulfonamides is 1. The van der Waals surface area contributed by atoms with Crippen LogP contribution >= 0.6 is 0 Å². The van der Waals surface area contributed by atoms with Crippen molar-refractivity contribution in [2.75, 3.05) is 33.4 Å². The van der Waals surface area contributed by atoms with Gasteiger partial charge in [0.15, 0.2) is 11.5 Å². The first kappa shape index (κ1) is 21.1. The van der Waals surface area contributed by atoms with Crippen LogP contribution in [-0.2, 0) is 10.0 Å². The largest absolute Gasteiger partial charge is 0.492 e. The molecule has 0 bridgehead atoms. The summed E-state index contributed by atoms with van der Waals surface area (Å²) < 4.78 is 43.6. The second kappa shape index (κ2) is 9.62. The van der Waals surface area contributed by atoms with Gasteiger partial charge in [-0.1, -0.05) is 12.1 Å². The number of rotatable bonds is 10. The minimum Gasteiger partial charge on any atom is -0.492 e. The quantitative estimate of drug-likeness (QED) is 0.618. The van der Waals surface area contributed by atoms with Gasteiger partial charge in [0.05, 0.1) is 18.1 Å². The molecule has 2 rings (SSSR count). The molecule has 0 radical (unpaired) electrons. The summed E-state index contributed by atoms with van der Waals surface area (Å²) in [6, 6.07) is 12.3. The summed E-state index contributed by atoms with van der Waals surface area (Å²) in [7, 11) is -2.12. The number of nitrogens with zero attached hydrogens (tertiary/aromatic N) is 1. The van der Waals surface area contributed by atoms with Crippen LogP contribution in [0.1, 0.15) is 19.4 Å². The van der Waals surface area contributed by atoms with Gasteiger partial charge < -0.3 is 14.2 Å². The Kier molecular flexibility index (Phi) is 7.50. The Morgan fingerprint density at radius 1 is 0.926 bits per heavy atom.